The van der Waals surface area contributed by atoms with E-state index in [0.717, 1.165) is 70.3 Å². The molecule has 9 rings (SSSR count). The molecule has 0 aliphatic heterocycles. The molecular weight excluding hydrogens is 1220 g/mol. The summed E-state index contributed by atoms with van der Waals surface area (Å²) >= 11 is 8.96. The first-order chi connectivity index (χ1) is 43.6. The van der Waals surface area contributed by atoms with Crippen LogP contribution >= 0.6 is 27.5 Å². The lowest BCUT2D eigenvalue weighted by Crippen LogP contribution is -2.15. The van der Waals surface area contributed by atoms with Gasteiger partial charge in [-0.15, -0.1) is 13.2 Å². The fourth-order valence-electron chi connectivity index (χ4n) is 5.14. The molecule has 3 aliphatic carbocycles. The molecule has 2 N–H and O–H groups in total. The summed E-state index contributed by atoms with van der Waals surface area (Å²) in [7, 11) is 0. The SMILES string of the molecule is C=C(C)CC.C=CCC.CC(C)C.CC1CC1.CCC(C)(C)C.CCC(C)(C)O.CCC(C)C.CCC1CC1.CCC1CCC1.CCc1ccccc1.Cc1ccc(Br)cc1.Cc1ccc(C(=O)O)cc1.Cc1ccc(Cl)cc1.Cc1ccccc1.Cc1ccccc1. The molecule has 5 heteroatoms. The van der Waals surface area contributed by atoms with E-state index in [2.05, 4.69) is 221 Å². The normalized spacial score (nSPS) is 11.7. The molecule has 3 fully saturated rings. The molecule has 0 heterocycles. The minimum absolute atomic E-state index is 0.339. The lowest BCUT2D eigenvalue weighted by Gasteiger charge is -2.22. The first kappa shape index (κ1) is 99.1. The smallest absolute Gasteiger partial charge is 0.335 e. The highest BCUT2D eigenvalue weighted by atomic mass is 79.9. The molecule has 3 saturated carbocycles. The molecule has 0 unspecified atom stereocenters. The van der Waals surface area contributed by atoms with Crippen molar-refractivity contribution in [3.63, 3.8) is 0 Å². The summed E-state index contributed by atoms with van der Waals surface area (Å²) in [5, 5.41) is 18.1. The molecule has 93 heavy (non-hydrogen) atoms. The number of hydrogen-bond donors (Lipinski definition) is 2. The van der Waals surface area contributed by atoms with Crippen molar-refractivity contribution in [1.82, 2.24) is 0 Å². The van der Waals surface area contributed by atoms with Crippen LogP contribution in [0.5, 0.6) is 0 Å². The summed E-state index contributed by atoms with van der Waals surface area (Å²) in [4.78, 5) is 10.3. The average Bonchev–Trinajstić information content (AvgIpc) is 3.79. The minimum Gasteiger partial charge on any atom is -0.478 e. The van der Waals surface area contributed by atoms with Crippen LogP contribution < -0.4 is 0 Å². The maximum atomic E-state index is 10.3. The summed E-state index contributed by atoms with van der Waals surface area (Å²) < 4.78 is 1.14. The van der Waals surface area contributed by atoms with Crippen LogP contribution in [0.15, 0.2) is 193 Å². The zero-order valence-corrected chi connectivity index (χ0v) is 67.0. The van der Waals surface area contributed by atoms with Gasteiger partial charge in [0.1, 0.15) is 0 Å². The van der Waals surface area contributed by atoms with Gasteiger partial charge in [0.2, 0.25) is 0 Å². The Bertz CT molecular complexity index is 2330. The summed E-state index contributed by atoms with van der Waals surface area (Å²) in [6.45, 7) is 60.2. The van der Waals surface area contributed by atoms with E-state index in [-0.39, 0.29) is 0 Å². The third kappa shape index (κ3) is 93.5. The highest BCUT2D eigenvalue weighted by molar-refractivity contribution is 9.10. The van der Waals surface area contributed by atoms with E-state index in [1.807, 2.05) is 113 Å². The standard InChI is InChI=1S/C8H8O2.C8H10.C7H7Br.C7H7Cl.2C7H8.C6H12.C6H14.C5H12O.C5H10.C5H12.C5H10.C4H8.C4H10.C4H8/c1-6-2-4-7(5-3-6)8(9)10;1-2-8-6-4-3-5-7-8;2*1-6-2-4-7(8)5-3-6;2*1-7-5-3-2-4-6-7;1-2-6-4-3-5-6;1-5-6(2,3)4;1-4-5(2,3)6;1-2-5-3-4-5;2*1-4-5(2)3;1-4-2-3-4;1-4(2)3;1-3-4-2/h2-5H,1H3,(H,9,10);3-7H,2H2,1H3;2*2-5H,1H3;2*2-6H,1H3;6H,2-5H2,1H3;5H2,1-4H3;6H,4H2,1-3H3;5H,2-4H2,1H3;5H,4H2,1-3H3;2,4H2,1,3H3;4H,2-3H2,1H3;4H,1-3H3;3H,1,4H2,2H3. The Labute approximate surface area is 591 Å². The molecule has 528 valence electrons. The monoisotopic (exact) mass is 1360 g/mol. The lowest BCUT2D eigenvalue weighted by atomic mass is 9.84. The van der Waals surface area contributed by atoms with Crippen LogP contribution in [0.25, 0.3) is 0 Å². The molecule has 0 atom stereocenters. The van der Waals surface area contributed by atoms with Gasteiger partial charge in [0, 0.05) is 9.50 Å². The number of aliphatic hydroxyl groups is 1. The number of carboxylic acid groups (broad SMARTS) is 1. The van der Waals surface area contributed by atoms with Gasteiger partial charge < -0.3 is 10.2 Å². The molecule has 0 radical (unpaired) electrons. The van der Waals surface area contributed by atoms with Crippen LogP contribution in [-0.4, -0.2) is 21.8 Å². The summed E-state index contributed by atoms with van der Waals surface area (Å²) in [5.74, 6) is 4.18. The van der Waals surface area contributed by atoms with E-state index in [4.69, 9.17) is 21.8 Å². The van der Waals surface area contributed by atoms with E-state index in [1.54, 1.807) is 38.1 Å². The predicted molar refractivity (Wildman–Crippen MR) is 428 cm³/mol. The van der Waals surface area contributed by atoms with Gasteiger partial charge in [-0.3, -0.25) is 0 Å². The van der Waals surface area contributed by atoms with Gasteiger partial charge in [0.05, 0.1) is 11.2 Å². The number of aryl methyl sites for hydroxylation is 6. The first-order valence-corrected chi connectivity index (χ1v) is 36.5. The zero-order chi connectivity index (χ0) is 72.6. The number of allylic oxidation sites excluding steroid dienone is 2. The quantitative estimate of drug-likeness (QED) is 0.149. The fraction of sp³-hybridized carbons (Fsp3) is 0.534. The number of rotatable bonds is 8. The molecular formula is C88H144BrClO3. The topological polar surface area (TPSA) is 57.5 Å². The van der Waals surface area contributed by atoms with Gasteiger partial charge in [0.25, 0.3) is 0 Å². The molecule has 6 aromatic rings. The molecule has 0 amide bonds. The summed E-state index contributed by atoms with van der Waals surface area (Å²) in [5.41, 5.74) is 9.35. The first-order valence-electron chi connectivity index (χ1n) is 35.4. The third-order valence-corrected chi connectivity index (χ3v) is 14.8. The van der Waals surface area contributed by atoms with Gasteiger partial charge >= 0.3 is 5.97 Å². The van der Waals surface area contributed by atoms with Crippen molar-refractivity contribution in [3.8, 4) is 0 Å². The highest BCUT2D eigenvalue weighted by Crippen LogP contribution is 2.31. The van der Waals surface area contributed by atoms with Gasteiger partial charge in [0.15, 0.2) is 0 Å². The second-order valence-corrected chi connectivity index (χ2v) is 28.6. The number of benzene rings is 6. The molecule has 0 saturated heterocycles. The van der Waals surface area contributed by atoms with E-state index in [1.165, 1.54) is 104 Å². The summed E-state index contributed by atoms with van der Waals surface area (Å²) in [6.07, 6.45) is 22.0. The minimum atomic E-state index is -0.875. The van der Waals surface area contributed by atoms with Crippen molar-refractivity contribution in [3.05, 3.63) is 237 Å². The molecule has 3 aliphatic rings. The van der Waals surface area contributed by atoms with Crippen molar-refractivity contribution >= 4 is 33.5 Å². The van der Waals surface area contributed by atoms with Gasteiger partial charge in [-0.2, -0.15) is 0 Å². The molecule has 3 nitrogen and oxygen atoms in total. The molecule has 0 aromatic heterocycles. The number of halogens is 2. The Hall–Kier alpha value is -5.00. The molecule has 6 aromatic carbocycles. The number of hydrogen-bond acceptors (Lipinski definition) is 2. The van der Waals surface area contributed by atoms with Gasteiger partial charge in [-0.05, 0) is 158 Å². The number of carboxylic acids is 1. The van der Waals surface area contributed by atoms with Crippen LogP contribution in [0, 0.1) is 69.6 Å². The number of carbonyl (C=O) groups is 1. The highest BCUT2D eigenvalue weighted by Gasteiger charge is 2.17. The third-order valence-electron chi connectivity index (χ3n) is 14.0. The second-order valence-electron chi connectivity index (χ2n) is 27.3. The number of aromatic carboxylic acids is 1. The Morgan fingerprint density at radius 2 is 0.839 bits per heavy atom. The Morgan fingerprint density at radius 3 is 0.968 bits per heavy atom. The van der Waals surface area contributed by atoms with Crippen molar-refractivity contribution in [2.24, 2.45) is 35.0 Å². The Balaban J connectivity index is -0.000000220. The summed E-state index contributed by atoms with van der Waals surface area (Å²) in [6, 6.07) is 53.7. The lowest BCUT2D eigenvalue weighted by molar-refractivity contribution is 0.0696. The van der Waals surface area contributed by atoms with Crippen molar-refractivity contribution in [2.45, 2.75) is 275 Å². The van der Waals surface area contributed by atoms with Gasteiger partial charge in [-0.1, -0.05) is 383 Å². The van der Waals surface area contributed by atoms with Crippen molar-refractivity contribution in [1.29, 1.82) is 0 Å². The van der Waals surface area contributed by atoms with Crippen LogP contribution in [-0.2, 0) is 6.42 Å². The van der Waals surface area contributed by atoms with Gasteiger partial charge in [-0.25, -0.2) is 4.79 Å². The second kappa shape index (κ2) is 67.0. The van der Waals surface area contributed by atoms with Crippen molar-refractivity contribution < 1.29 is 15.0 Å². The maximum Gasteiger partial charge on any atom is 0.335 e. The maximum absolute atomic E-state index is 10.3. The van der Waals surface area contributed by atoms with Crippen LogP contribution in [0.3, 0.4) is 0 Å². The van der Waals surface area contributed by atoms with E-state index in [9.17, 15) is 4.79 Å². The van der Waals surface area contributed by atoms with E-state index in [0.29, 0.717) is 11.0 Å². The Morgan fingerprint density at radius 1 is 0.559 bits per heavy atom. The van der Waals surface area contributed by atoms with Crippen LogP contribution in [0.4, 0.5) is 0 Å². The fourth-order valence-corrected chi connectivity index (χ4v) is 5.53. The predicted octanol–water partition coefficient (Wildman–Crippen LogP) is 29.6. The molecule has 0 bridgehead atoms. The van der Waals surface area contributed by atoms with E-state index >= 15 is 0 Å². The molecule has 0 spiro atoms. The zero-order valence-electron chi connectivity index (χ0n) is 64.6. The van der Waals surface area contributed by atoms with E-state index < -0.39 is 11.6 Å². The van der Waals surface area contributed by atoms with Crippen LogP contribution in [0.1, 0.15) is 272 Å². The van der Waals surface area contributed by atoms with Crippen LogP contribution in [0.2, 0.25) is 5.02 Å². The largest absolute Gasteiger partial charge is 0.478 e. The van der Waals surface area contributed by atoms with Crippen molar-refractivity contribution in [2.75, 3.05) is 0 Å². The Kier molecular flexibility index (Phi) is 71.4. The average molecular weight is 1370 g/mol.